The number of azide groups is 1. The number of likely N-dealkylation sites (tertiary alicyclic amines) is 1. The van der Waals surface area contributed by atoms with Crippen LogP contribution in [0.5, 0.6) is 0 Å². The molecule has 0 aromatic carbocycles. The zero-order valence-electron chi connectivity index (χ0n) is 11.4. The number of piperidine rings is 1. The molecular weight excluding hydrogens is 232 g/mol. The molecule has 1 aliphatic heterocycles. The van der Waals surface area contributed by atoms with Crippen LogP contribution in [-0.2, 0) is 9.53 Å². The topological polar surface area (TPSA) is 78.3 Å². The van der Waals surface area contributed by atoms with E-state index in [1.54, 1.807) is 0 Å². The molecule has 0 amide bonds. The molecule has 102 valence electrons. The first-order valence-corrected chi connectivity index (χ1v) is 6.38. The van der Waals surface area contributed by atoms with E-state index in [0.717, 1.165) is 32.5 Å². The van der Waals surface area contributed by atoms with Crippen LogP contribution in [0.4, 0.5) is 0 Å². The fourth-order valence-electron chi connectivity index (χ4n) is 2.01. The van der Waals surface area contributed by atoms with Gasteiger partial charge in [0.25, 0.3) is 0 Å². The van der Waals surface area contributed by atoms with Gasteiger partial charge in [-0.3, -0.25) is 4.79 Å². The standard InChI is InChI=1S/C12H22N4O2/c1-12(2,3)18-11(17)10-4-7-16(8-5-10)9-6-14-15-13/h10H,4-9H2,1-3H3. The van der Waals surface area contributed by atoms with Gasteiger partial charge in [-0.1, -0.05) is 5.11 Å². The number of ether oxygens (including phenoxy) is 1. The molecule has 0 bridgehead atoms. The normalized spacial score (nSPS) is 18.2. The quantitative estimate of drug-likeness (QED) is 0.334. The molecule has 1 rings (SSSR count). The van der Waals surface area contributed by atoms with Gasteiger partial charge in [0.15, 0.2) is 0 Å². The second kappa shape index (κ2) is 6.61. The largest absolute Gasteiger partial charge is 0.460 e. The minimum atomic E-state index is -0.407. The van der Waals surface area contributed by atoms with E-state index in [2.05, 4.69) is 14.9 Å². The maximum absolute atomic E-state index is 11.9. The first kappa shape index (κ1) is 14.8. The van der Waals surface area contributed by atoms with Crippen molar-refractivity contribution in [2.75, 3.05) is 26.2 Å². The Bertz CT molecular complexity index is 323. The molecule has 0 aromatic heterocycles. The summed E-state index contributed by atoms with van der Waals surface area (Å²) in [5.74, 6) is -0.0721. The molecule has 1 fully saturated rings. The maximum atomic E-state index is 11.9. The highest BCUT2D eigenvalue weighted by Crippen LogP contribution is 2.21. The van der Waals surface area contributed by atoms with Gasteiger partial charge in [-0.25, -0.2) is 0 Å². The third kappa shape index (κ3) is 5.38. The first-order chi connectivity index (χ1) is 8.42. The molecule has 6 heteroatoms. The van der Waals surface area contributed by atoms with E-state index in [1.807, 2.05) is 20.8 Å². The average molecular weight is 254 g/mol. The second-order valence-corrected chi connectivity index (χ2v) is 5.60. The fourth-order valence-corrected chi connectivity index (χ4v) is 2.01. The van der Waals surface area contributed by atoms with Crippen LogP contribution in [0.15, 0.2) is 5.11 Å². The summed E-state index contributed by atoms with van der Waals surface area (Å²) in [6.45, 7) is 8.66. The lowest BCUT2D eigenvalue weighted by molar-refractivity contribution is -0.161. The van der Waals surface area contributed by atoms with Crippen LogP contribution in [0.1, 0.15) is 33.6 Å². The van der Waals surface area contributed by atoms with Gasteiger partial charge in [0, 0.05) is 18.0 Å². The summed E-state index contributed by atoms with van der Waals surface area (Å²) in [6, 6.07) is 0. The van der Waals surface area contributed by atoms with Crippen LogP contribution in [0, 0.1) is 5.92 Å². The fraction of sp³-hybridized carbons (Fsp3) is 0.917. The summed E-state index contributed by atoms with van der Waals surface area (Å²) in [5.41, 5.74) is 7.79. The van der Waals surface area contributed by atoms with Gasteiger partial charge in [-0.15, -0.1) is 0 Å². The van der Waals surface area contributed by atoms with Gasteiger partial charge >= 0.3 is 5.97 Å². The number of esters is 1. The lowest BCUT2D eigenvalue weighted by Crippen LogP contribution is -2.39. The highest BCUT2D eigenvalue weighted by atomic mass is 16.6. The van der Waals surface area contributed by atoms with E-state index in [9.17, 15) is 4.79 Å². The Morgan fingerprint density at radius 3 is 2.56 bits per heavy atom. The van der Waals surface area contributed by atoms with Gasteiger partial charge in [0.2, 0.25) is 0 Å². The highest BCUT2D eigenvalue weighted by molar-refractivity contribution is 5.73. The first-order valence-electron chi connectivity index (χ1n) is 6.38. The van der Waals surface area contributed by atoms with Crippen LogP contribution in [0.2, 0.25) is 0 Å². The molecule has 6 nitrogen and oxygen atoms in total. The van der Waals surface area contributed by atoms with Crippen molar-refractivity contribution in [1.82, 2.24) is 4.90 Å². The Hall–Kier alpha value is -1.26. The van der Waals surface area contributed by atoms with E-state index in [4.69, 9.17) is 10.3 Å². The van der Waals surface area contributed by atoms with E-state index in [0.29, 0.717) is 6.54 Å². The summed E-state index contributed by atoms with van der Waals surface area (Å²) < 4.78 is 5.39. The average Bonchev–Trinajstić information content (AvgIpc) is 2.28. The van der Waals surface area contributed by atoms with E-state index in [-0.39, 0.29) is 11.9 Å². The molecule has 0 aliphatic carbocycles. The van der Waals surface area contributed by atoms with Gasteiger partial charge < -0.3 is 9.64 Å². The SMILES string of the molecule is CC(C)(C)OC(=O)C1CCN(CCN=[N+]=[N-])CC1. The molecule has 0 saturated carbocycles. The number of hydrogen-bond donors (Lipinski definition) is 0. The molecule has 0 radical (unpaired) electrons. The molecule has 0 atom stereocenters. The van der Waals surface area contributed by atoms with Crippen LogP contribution in [0.25, 0.3) is 10.4 Å². The Morgan fingerprint density at radius 2 is 2.06 bits per heavy atom. The summed E-state index contributed by atoms with van der Waals surface area (Å²) in [7, 11) is 0. The number of nitrogens with zero attached hydrogens (tertiary/aromatic N) is 4. The molecule has 1 saturated heterocycles. The zero-order chi connectivity index (χ0) is 13.6. The predicted octanol–water partition coefficient (Wildman–Crippen LogP) is 2.35. The van der Waals surface area contributed by atoms with Crippen LogP contribution < -0.4 is 0 Å². The molecular formula is C12H22N4O2. The van der Waals surface area contributed by atoms with Crippen molar-refractivity contribution in [2.45, 2.75) is 39.2 Å². The van der Waals surface area contributed by atoms with Crippen molar-refractivity contribution >= 4 is 5.97 Å². The molecule has 0 N–H and O–H groups in total. The van der Waals surface area contributed by atoms with Crippen molar-refractivity contribution in [1.29, 1.82) is 0 Å². The highest BCUT2D eigenvalue weighted by Gasteiger charge is 2.28. The van der Waals surface area contributed by atoms with Crippen molar-refractivity contribution < 1.29 is 9.53 Å². The lowest BCUT2D eigenvalue weighted by atomic mass is 9.96. The van der Waals surface area contributed by atoms with E-state index < -0.39 is 5.60 Å². The van der Waals surface area contributed by atoms with Crippen LogP contribution >= 0.6 is 0 Å². The third-order valence-electron chi connectivity index (χ3n) is 2.91. The number of carbonyl (C=O) groups is 1. The van der Waals surface area contributed by atoms with Gasteiger partial charge in [0.1, 0.15) is 5.60 Å². The van der Waals surface area contributed by atoms with Crippen molar-refractivity contribution in [3.63, 3.8) is 0 Å². The molecule has 0 aromatic rings. The maximum Gasteiger partial charge on any atom is 0.309 e. The Kier molecular flexibility index (Phi) is 5.44. The van der Waals surface area contributed by atoms with Gasteiger partial charge in [-0.2, -0.15) is 0 Å². The number of rotatable bonds is 4. The smallest absolute Gasteiger partial charge is 0.309 e. The predicted molar refractivity (Wildman–Crippen MR) is 69.0 cm³/mol. The Balaban J connectivity index is 2.30. The number of carbonyl (C=O) groups excluding carboxylic acids is 1. The number of hydrogen-bond acceptors (Lipinski definition) is 4. The molecule has 0 spiro atoms. The summed E-state index contributed by atoms with van der Waals surface area (Å²) in [4.78, 5) is 16.8. The summed E-state index contributed by atoms with van der Waals surface area (Å²) in [5, 5.41) is 3.52. The van der Waals surface area contributed by atoms with Crippen molar-refractivity contribution in [2.24, 2.45) is 11.0 Å². The minimum absolute atomic E-state index is 0.0138. The zero-order valence-corrected chi connectivity index (χ0v) is 11.4. The van der Waals surface area contributed by atoms with Crippen molar-refractivity contribution in [3.8, 4) is 0 Å². The molecule has 1 aliphatic rings. The molecule has 1 heterocycles. The monoisotopic (exact) mass is 254 g/mol. The Morgan fingerprint density at radius 1 is 1.44 bits per heavy atom. The summed E-state index contributed by atoms with van der Waals surface area (Å²) in [6.07, 6.45) is 1.65. The van der Waals surface area contributed by atoms with E-state index in [1.165, 1.54) is 0 Å². The molecule has 18 heavy (non-hydrogen) atoms. The Labute approximate surface area is 108 Å². The molecule has 0 unspecified atom stereocenters. The van der Waals surface area contributed by atoms with Crippen LogP contribution in [0.3, 0.4) is 0 Å². The van der Waals surface area contributed by atoms with Gasteiger partial charge in [-0.05, 0) is 52.2 Å². The third-order valence-corrected chi connectivity index (χ3v) is 2.91. The second-order valence-electron chi connectivity index (χ2n) is 5.60. The lowest BCUT2D eigenvalue weighted by Gasteiger charge is -2.32. The van der Waals surface area contributed by atoms with Gasteiger partial charge in [0.05, 0.1) is 5.92 Å². The summed E-state index contributed by atoms with van der Waals surface area (Å²) >= 11 is 0. The van der Waals surface area contributed by atoms with Crippen molar-refractivity contribution in [3.05, 3.63) is 10.4 Å². The van der Waals surface area contributed by atoms with E-state index >= 15 is 0 Å². The minimum Gasteiger partial charge on any atom is -0.460 e. The van der Waals surface area contributed by atoms with Crippen LogP contribution in [-0.4, -0.2) is 42.6 Å².